The summed E-state index contributed by atoms with van der Waals surface area (Å²) in [5.41, 5.74) is 1.64. The van der Waals surface area contributed by atoms with Crippen LogP contribution in [0, 0.1) is 18.7 Å². The number of hydrogen-bond acceptors (Lipinski definition) is 3. The first-order chi connectivity index (χ1) is 9.60. The second-order valence-corrected chi connectivity index (χ2v) is 5.62. The van der Waals surface area contributed by atoms with Gasteiger partial charge in [0.15, 0.2) is 0 Å². The van der Waals surface area contributed by atoms with Crippen LogP contribution in [0.5, 0.6) is 0 Å². The van der Waals surface area contributed by atoms with E-state index in [2.05, 4.69) is 15.3 Å². The fourth-order valence-electron chi connectivity index (χ4n) is 2.09. The van der Waals surface area contributed by atoms with Crippen LogP contribution in [0.1, 0.15) is 24.4 Å². The minimum absolute atomic E-state index is 0.0963. The van der Waals surface area contributed by atoms with Crippen molar-refractivity contribution in [3.63, 3.8) is 0 Å². The van der Waals surface area contributed by atoms with Crippen LogP contribution in [0.2, 0.25) is 5.02 Å². The van der Waals surface area contributed by atoms with Crippen molar-refractivity contribution in [2.45, 2.75) is 26.2 Å². The highest BCUT2D eigenvalue weighted by Crippen LogP contribution is 2.32. The van der Waals surface area contributed by atoms with E-state index in [9.17, 15) is 4.39 Å². The highest BCUT2D eigenvalue weighted by Gasteiger charge is 2.23. The average Bonchev–Trinajstić information content (AvgIpc) is 3.17. The minimum atomic E-state index is -0.425. The van der Waals surface area contributed by atoms with Crippen LogP contribution in [0.15, 0.2) is 24.3 Å². The molecule has 1 heterocycles. The summed E-state index contributed by atoms with van der Waals surface area (Å²) >= 11 is 5.77. The number of aryl methyl sites for hydroxylation is 1. The predicted molar refractivity (Wildman–Crippen MR) is 77.9 cm³/mol. The van der Waals surface area contributed by atoms with Gasteiger partial charge in [0.2, 0.25) is 0 Å². The Hall–Kier alpha value is -1.68. The second-order valence-electron chi connectivity index (χ2n) is 5.21. The summed E-state index contributed by atoms with van der Waals surface area (Å²) in [7, 11) is 0. The largest absolute Gasteiger partial charge is 0.340 e. The molecule has 3 rings (SSSR count). The number of hydrogen-bond donors (Lipinski definition) is 1. The molecule has 0 spiro atoms. The van der Waals surface area contributed by atoms with Crippen molar-refractivity contribution in [3.05, 3.63) is 46.6 Å². The summed E-state index contributed by atoms with van der Waals surface area (Å²) in [5, 5.41) is 3.24. The van der Waals surface area contributed by atoms with Gasteiger partial charge >= 0.3 is 0 Å². The van der Waals surface area contributed by atoms with E-state index in [1.54, 1.807) is 12.1 Å². The molecule has 0 amide bonds. The molecule has 0 saturated heterocycles. The first-order valence-electron chi connectivity index (χ1n) is 6.67. The molecule has 20 heavy (non-hydrogen) atoms. The molecular formula is C15H15ClFN3. The molecule has 1 saturated carbocycles. The zero-order chi connectivity index (χ0) is 14.1. The first kappa shape index (κ1) is 13.3. The lowest BCUT2D eigenvalue weighted by Gasteiger charge is -2.09. The van der Waals surface area contributed by atoms with E-state index in [-0.39, 0.29) is 5.02 Å². The predicted octanol–water partition coefficient (Wildman–Crippen LogP) is 4.27. The molecule has 1 aromatic heterocycles. The van der Waals surface area contributed by atoms with Crippen molar-refractivity contribution in [1.29, 1.82) is 0 Å². The van der Waals surface area contributed by atoms with Crippen LogP contribution < -0.4 is 5.32 Å². The van der Waals surface area contributed by atoms with Crippen molar-refractivity contribution in [2.75, 3.05) is 5.32 Å². The third kappa shape index (κ3) is 3.25. The van der Waals surface area contributed by atoms with E-state index in [1.807, 2.05) is 13.0 Å². The molecule has 1 fully saturated rings. The third-order valence-corrected chi connectivity index (χ3v) is 3.55. The number of aromatic nitrogens is 2. The molecule has 104 valence electrons. The summed E-state index contributed by atoms with van der Waals surface area (Å²) in [6, 6.07) is 6.39. The zero-order valence-corrected chi connectivity index (χ0v) is 11.9. The maximum Gasteiger partial charge on any atom is 0.141 e. The Morgan fingerprint density at radius 3 is 2.80 bits per heavy atom. The molecule has 0 aliphatic heterocycles. The van der Waals surface area contributed by atoms with Gasteiger partial charge in [-0.25, -0.2) is 14.4 Å². The number of benzene rings is 1. The maximum atomic E-state index is 13.1. The lowest BCUT2D eigenvalue weighted by molar-refractivity contribution is 0.628. The lowest BCUT2D eigenvalue weighted by atomic mass is 10.2. The summed E-state index contributed by atoms with van der Waals surface area (Å²) in [4.78, 5) is 8.95. The van der Waals surface area contributed by atoms with Gasteiger partial charge in [-0.2, -0.15) is 0 Å². The SMILES string of the molecule is Cc1cc(Nc2ccc(F)c(Cl)c2)nc(CC2CC2)n1. The van der Waals surface area contributed by atoms with Crippen LogP contribution in [0.3, 0.4) is 0 Å². The van der Waals surface area contributed by atoms with Gasteiger partial charge in [-0.1, -0.05) is 11.6 Å². The molecule has 1 N–H and O–H groups in total. The van der Waals surface area contributed by atoms with Crippen molar-refractivity contribution in [1.82, 2.24) is 9.97 Å². The van der Waals surface area contributed by atoms with Gasteiger partial charge in [0.25, 0.3) is 0 Å². The van der Waals surface area contributed by atoms with E-state index in [0.717, 1.165) is 29.7 Å². The van der Waals surface area contributed by atoms with E-state index in [4.69, 9.17) is 11.6 Å². The lowest BCUT2D eigenvalue weighted by Crippen LogP contribution is -2.03. The van der Waals surface area contributed by atoms with E-state index >= 15 is 0 Å². The summed E-state index contributed by atoms with van der Waals surface area (Å²) in [6.07, 6.45) is 3.47. The zero-order valence-electron chi connectivity index (χ0n) is 11.2. The number of halogens is 2. The number of anilines is 2. The van der Waals surface area contributed by atoms with E-state index in [1.165, 1.54) is 18.9 Å². The number of nitrogens with zero attached hydrogens (tertiary/aromatic N) is 2. The van der Waals surface area contributed by atoms with Gasteiger partial charge in [-0.05, 0) is 43.9 Å². The van der Waals surface area contributed by atoms with Gasteiger partial charge < -0.3 is 5.32 Å². The van der Waals surface area contributed by atoms with Crippen LogP contribution >= 0.6 is 11.6 Å². The van der Waals surface area contributed by atoms with Gasteiger partial charge in [0.1, 0.15) is 17.5 Å². The van der Waals surface area contributed by atoms with Gasteiger partial charge in [-0.3, -0.25) is 0 Å². The Labute approximate surface area is 122 Å². The van der Waals surface area contributed by atoms with Crippen LogP contribution in [-0.2, 0) is 6.42 Å². The van der Waals surface area contributed by atoms with Crippen LogP contribution in [0.4, 0.5) is 15.9 Å². The fourth-order valence-corrected chi connectivity index (χ4v) is 2.27. The molecule has 2 aromatic rings. The molecule has 0 radical (unpaired) electrons. The van der Waals surface area contributed by atoms with Crippen molar-refractivity contribution >= 4 is 23.1 Å². The Morgan fingerprint density at radius 1 is 1.30 bits per heavy atom. The normalized spacial score (nSPS) is 14.3. The molecule has 1 aliphatic rings. The van der Waals surface area contributed by atoms with Crippen molar-refractivity contribution in [2.24, 2.45) is 5.92 Å². The average molecular weight is 292 g/mol. The number of rotatable bonds is 4. The molecule has 0 bridgehead atoms. The van der Waals surface area contributed by atoms with E-state index in [0.29, 0.717) is 5.69 Å². The van der Waals surface area contributed by atoms with Crippen molar-refractivity contribution < 1.29 is 4.39 Å². The van der Waals surface area contributed by atoms with Crippen LogP contribution in [-0.4, -0.2) is 9.97 Å². The molecule has 1 aliphatic carbocycles. The Balaban J connectivity index is 1.81. The molecule has 3 nitrogen and oxygen atoms in total. The van der Waals surface area contributed by atoms with Gasteiger partial charge in [-0.15, -0.1) is 0 Å². The quantitative estimate of drug-likeness (QED) is 0.914. The maximum absolute atomic E-state index is 13.1. The molecule has 5 heteroatoms. The van der Waals surface area contributed by atoms with Gasteiger partial charge in [0, 0.05) is 23.9 Å². The second kappa shape index (κ2) is 5.37. The summed E-state index contributed by atoms with van der Waals surface area (Å²) < 4.78 is 13.1. The minimum Gasteiger partial charge on any atom is -0.340 e. The number of nitrogens with one attached hydrogen (secondary N) is 1. The summed E-state index contributed by atoms with van der Waals surface area (Å²) in [6.45, 7) is 1.95. The van der Waals surface area contributed by atoms with Crippen molar-refractivity contribution in [3.8, 4) is 0 Å². The summed E-state index contributed by atoms with van der Waals surface area (Å²) in [5.74, 6) is 1.90. The monoisotopic (exact) mass is 291 g/mol. The molecule has 1 aromatic carbocycles. The molecule has 0 atom stereocenters. The highest BCUT2D eigenvalue weighted by atomic mass is 35.5. The smallest absolute Gasteiger partial charge is 0.141 e. The Kier molecular flexibility index (Phi) is 3.57. The van der Waals surface area contributed by atoms with Crippen LogP contribution in [0.25, 0.3) is 0 Å². The first-order valence-corrected chi connectivity index (χ1v) is 7.04. The van der Waals surface area contributed by atoms with E-state index < -0.39 is 5.82 Å². The standard InChI is InChI=1S/C15H15ClFN3/c1-9-6-14(20-15(18-9)7-10-2-3-10)19-11-4-5-13(17)12(16)8-11/h4-6,8,10H,2-3,7H2,1H3,(H,18,19,20). The Bertz CT molecular complexity index is 641. The van der Waals surface area contributed by atoms with Gasteiger partial charge in [0.05, 0.1) is 5.02 Å². The third-order valence-electron chi connectivity index (χ3n) is 3.26. The fraction of sp³-hybridized carbons (Fsp3) is 0.333. The molecule has 0 unspecified atom stereocenters. The Morgan fingerprint density at radius 2 is 2.10 bits per heavy atom. The highest BCUT2D eigenvalue weighted by molar-refractivity contribution is 6.31. The topological polar surface area (TPSA) is 37.8 Å². The molecular weight excluding hydrogens is 277 g/mol.